The van der Waals surface area contributed by atoms with Gasteiger partial charge in [0.1, 0.15) is 23.6 Å². The van der Waals surface area contributed by atoms with Crippen LogP contribution in [-0.4, -0.2) is 32.3 Å². The Labute approximate surface area is 104 Å². The summed E-state index contributed by atoms with van der Waals surface area (Å²) in [6.07, 6.45) is 0.366. The summed E-state index contributed by atoms with van der Waals surface area (Å²) in [5.74, 6) is -2.07. The lowest BCUT2D eigenvalue weighted by atomic mass is 10.2. The van der Waals surface area contributed by atoms with Crippen molar-refractivity contribution in [3.05, 3.63) is 29.3 Å². The fourth-order valence-corrected chi connectivity index (χ4v) is 1.56. The molecule has 0 heterocycles. The Bertz CT molecular complexity index is 440. The lowest BCUT2D eigenvalue weighted by molar-refractivity contribution is -0.119. The van der Waals surface area contributed by atoms with Crippen molar-refractivity contribution in [1.82, 2.24) is 5.32 Å². The van der Waals surface area contributed by atoms with Gasteiger partial charge in [0.05, 0.1) is 6.54 Å². The zero-order chi connectivity index (χ0) is 13.7. The van der Waals surface area contributed by atoms with Crippen LogP contribution >= 0.6 is 0 Å². The summed E-state index contributed by atoms with van der Waals surface area (Å²) >= 11 is 0. The highest BCUT2D eigenvalue weighted by Crippen LogP contribution is 2.24. The Morgan fingerprint density at radius 1 is 1.39 bits per heavy atom. The first-order valence-electron chi connectivity index (χ1n) is 5.43. The van der Waals surface area contributed by atoms with Crippen LogP contribution in [-0.2, 0) is 4.79 Å². The molecule has 0 aliphatic heterocycles. The second-order valence-corrected chi connectivity index (χ2v) is 3.64. The third-order valence-electron chi connectivity index (χ3n) is 2.49. The molecule has 0 spiro atoms. The molecule has 1 aromatic carbocycles. The second kappa shape index (κ2) is 6.09. The normalized spacial score (nSPS) is 10.0. The number of hydrogen-bond acceptors (Lipinski definition) is 3. The smallest absolute Gasteiger partial charge is 0.239 e. The van der Waals surface area contributed by atoms with Gasteiger partial charge in [-0.3, -0.25) is 9.59 Å². The largest absolute Gasteiger partial charge is 0.358 e. The zero-order valence-corrected chi connectivity index (χ0v) is 10.2. The number of rotatable bonds is 5. The van der Waals surface area contributed by atoms with Gasteiger partial charge in [0.15, 0.2) is 0 Å². The molecule has 1 N–H and O–H groups in total. The molecule has 98 valence electrons. The first kappa shape index (κ1) is 14.1. The van der Waals surface area contributed by atoms with Crippen LogP contribution in [0, 0.1) is 11.6 Å². The van der Waals surface area contributed by atoms with Gasteiger partial charge in [-0.2, -0.15) is 0 Å². The molecule has 0 saturated carbocycles. The number of benzene rings is 1. The Kier molecular flexibility index (Phi) is 4.76. The highest BCUT2D eigenvalue weighted by molar-refractivity contribution is 5.82. The minimum absolute atomic E-state index is 0.0789. The number of nitrogens with zero attached hydrogens (tertiary/aromatic N) is 1. The van der Waals surface area contributed by atoms with E-state index < -0.39 is 11.6 Å². The number of likely N-dealkylation sites (N-methyl/N-ethyl adjacent to an activating group) is 2. The molecular formula is C12H14F2N2O2. The molecule has 0 aliphatic carbocycles. The quantitative estimate of drug-likeness (QED) is 0.809. The van der Waals surface area contributed by atoms with E-state index in [-0.39, 0.29) is 30.2 Å². The van der Waals surface area contributed by atoms with Crippen molar-refractivity contribution in [3.8, 4) is 0 Å². The maximum Gasteiger partial charge on any atom is 0.239 e. The molecule has 0 aromatic heterocycles. The maximum atomic E-state index is 13.7. The van der Waals surface area contributed by atoms with Gasteiger partial charge >= 0.3 is 0 Å². The van der Waals surface area contributed by atoms with Gasteiger partial charge in [0.25, 0.3) is 0 Å². The van der Waals surface area contributed by atoms with Crippen LogP contribution in [0.15, 0.2) is 12.1 Å². The van der Waals surface area contributed by atoms with Gasteiger partial charge < -0.3 is 10.2 Å². The SMILES string of the molecule is CCN(CC(=O)NC)c1c(F)cc(C=O)cc1F. The summed E-state index contributed by atoms with van der Waals surface area (Å²) in [6, 6.07) is 1.88. The number of nitrogens with one attached hydrogen (secondary N) is 1. The fraction of sp³-hybridized carbons (Fsp3) is 0.333. The Hall–Kier alpha value is -1.98. The number of carbonyl (C=O) groups excluding carboxylic acids is 2. The molecule has 0 saturated heterocycles. The standard InChI is InChI=1S/C12H14F2N2O2/c1-3-16(6-11(18)15-2)12-9(13)4-8(7-17)5-10(12)14/h4-5,7H,3,6H2,1-2H3,(H,15,18). The molecule has 1 aromatic rings. The van der Waals surface area contributed by atoms with Gasteiger partial charge in [0, 0.05) is 19.2 Å². The maximum absolute atomic E-state index is 13.7. The number of halogens is 2. The molecular weight excluding hydrogens is 242 g/mol. The predicted molar refractivity (Wildman–Crippen MR) is 63.7 cm³/mol. The molecule has 0 aliphatic rings. The zero-order valence-electron chi connectivity index (χ0n) is 10.2. The van der Waals surface area contributed by atoms with E-state index in [9.17, 15) is 18.4 Å². The van der Waals surface area contributed by atoms with Crippen LogP contribution in [0.1, 0.15) is 17.3 Å². The molecule has 1 amide bonds. The van der Waals surface area contributed by atoms with Crippen LogP contribution < -0.4 is 10.2 Å². The van der Waals surface area contributed by atoms with Crippen LogP contribution in [0.2, 0.25) is 0 Å². The van der Waals surface area contributed by atoms with Crippen LogP contribution in [0.3, 0.4) is 0 Å². The van der Waals surface area contributed by atoms with E-state index in [4.69, 9.17) is 0 Å². The molecule has 0 bridgehead atoms. The van der Waals surface area contributed by atoms with Crippen molar-refractivity contribution in [1.29, 1.82) is 0 Å². The third kappa shape index (κ3) is 3.03. The summed E-state index contributed by atoms with van der Waals surface area (Å²) in [5, 5.41) is 2.38. The van der Waals surface area contributed by atoms with Crippen molar-refractivity contribution >= 4 is 17.9 Å². The number of aldehydes is 1. The number of carbonyl (C=O) groups is 2. The lowest BCUT2D eigenvalue weighted by Crippen LogP contribution is -2.36. The van der Waals surface area contributed by atoms with Crippen LogP contribution in [0.5, 0.6) is 0 Å². The molecule has 0 unspecified atom stereocenters. The number of amides is 1. The lowest BCUT2D eigenvalue weighted by Gasteiger charge is -2.23. The van der Waals surface area contributed by atoms with Gasteiger partial charge in [-0.1, -0.05) is 0 Å². The molecule has 6 heteroatoms. The predicted octanol–water partition coefficient (Wildman–Crippen LogP) is 1.35. The average molecular weight is 256 g/mol. The van der Waals surface area contributed by atoms with Crippen molar-refractivity contribution in [2.45, 2.75) is 6.92 Å². The molecule has 1 rings (SSSR count). The molecule has 0 fully saturated rings. The molecule has 18 heavy (non-hydrogen) atoms. The minimum Gasteiger partial charge on any atom is -0.358 e. The topological polar surface area (TPSA) is 49.4 Å². The van der Waals surface area contributed by atoms with Crippen LogP contribution in [0.4, 0.5) is 14.5 Å². The fourth-order valence-electron chi connectivity index (χ4n) is 1.56. The van der Waals surface area contributed by atoms with Gasteiger partial charge in [-0.05, 0) is 19.1 Å². The first-order chi connectivity index (χ1) is 8.53. The third-order valence-corrected chi connectivity index (χ3v) is 2.49. The Morgan fingerprint density at radius 3 is 2.33 bits per heavy atom. The highest BCUT2D eigenvalue weighted by Gasteiger charge is 2.18. The van der Waals surface area contributed by atoms with Crippen molar-refractivity contribution < 1.29 is 18.4 Å². The Morgan fingerprint density at radius 2 is 1.94 bits per heavy atom. The van der Waals surface area contributed by atoms with Gasteiger partial charge in [-0.25, -0.2) is 8.78 Å². The van der Waals surface area contributed by atoms with Gasteiger partial charge in [-0.15, -0.1) is 0 Å². The van der Waals surface area contributed by atoms with E-state index in [1.54, 1.807) is 6.92 Å². The van der Waals surface area contributed by atoms with E-state index in [1.807, 2.05) is 0 Å². The van der Waals surface area contributed by atoms with E-state index in [2.05, 4.69) is 5.32 Å². The highest BCUT2D eigenvalue weighted by atomic mass is 19.1. The number of hydrogen-bond donors (Lipinski definition) is 1. The Balaban J connectivity index is 3.13. The summed E-state index contributed by atoms with van der Waals surface area (Å²) in [7, 11) is 1.44. The minimum atomic E-state index is -0.858. The van der Waals surface area contributed by atoms with E-state index >= 15 is 0 Å². The molecule has 0 radical (unpaired) electrons. The van der Waals surface area contributed by atoms with E-state index in [0.29, 0.717) is 6.29 Å². The van der Waals surface area contributed by atoms with E-state index in [0.717, 1.165) is 12.1 Å². The van der Waals surface area contributed by atoms with Gasteiger partial charge in [0.2, 0.25) is 5.91 Å². The van der Waals surface area contributed by atoms with Crippen molar-refractivity contribution in [2.75, 3.05) is 25.0 Å². The van der Waals surface area contributed by atoms with Crippen molar-refractivity contribution in [2.24, 2.45) is 0 Å². The summed E-state index contributed by atoms with van der Waals surface area (Å²) in [4.78, 5) is 23.0. The molecule has 0 atom stereocenters. The second-order valence-electron chi connectivity index (χ2n) is 3.64. The summed E-state index contributed by atoms with van der Waals surface area (Å²) in [5.41, 5.74) is -0.378. The first-order valence-corrected chi connectivity index (χ1v) is 5.43. The van der Waals surface area contributed by atoms with Crippen molar-refractivity contribution in [3.63, 3.8) is 0 Å². The van der Waals surface area contributed by atoms with E-state index in [1.165, 1.54) is 11.9 Å². The summed E-state index contributed by atoms with van der Waals surface area (Å²) in [6.45, 7) is 1.79. The average Bonchev–Trinajstić information content (AvgIpc) is 2.35. The number of anilines is 1. The molecule has 4 nitrogen and oxygen atoms in total. The monoisotopic (exact) mass is 256 g/mol. The summed E-state index contributed by atoms with van der Waals surface area (Å²) < 4.78 is 27.4. The van der Waals surface area contributed by atoms with Crippen LogP contribution in [0.25, 0.3) is 0 Å².